The predicted molar refractivity (Wildman–Crippen MR) is 92.2 cm³/mol. The maximum Gasteiger partial charge on any atom is 0.168 e. The van der Waals surface area contributed by atoms with Crippen LogP contribution in [0, 0.1) is 0 Å². The molecule has 0 spiro atoms. The van der Waals surface area contributed by atoms with Crippen LogP contribution in [0.15, 0.2) is 24.3 Å². The van der Waals surface area contributed by atoms with Crippen molar-refractivity contribution < 1.29 is 9.53 Å². The Morgan fingerprint density at radius 2 is 1.78 bits per heavy atom. The molecule has 0 unspecified atom stereocenters. The van der Waals surface area contributed by atoms with E-state index in [1.54, 1.807) is 7.11 Å². The van der Waals surface area contributed by atoms with Crippen LogP contribution in [0.5, 0.6) is 5.75 Å². The molecule has 1 aromatic heterocycles. The van der Waals surface area contributed by atoms with Crippen LogP contribution >= 0.6 is 0 Å². The molecule has 0 saturated carbocycles. The summed E-state index contributed by atoms with van der Waals surface area (Å²) in [6.45, 7) is 4.33. The zero-order chi connectivity index (χ0) is 16.4. The molecule has 1 aliphatic rings. The van der Waals surface area contributed by atoms with Crippen LogP contribution in [-0.2, 0) is 19.3 Å². The number of carbonyl (C=O) groups is 1. The average molecular weight is 309 g/mol. The highest BCUT2D eigenvalue weighted by atomic mass is 16.5. The third-order valence-corrected chi connectivity index (χ3v) is 4.63. The van der Waals surface area contributed by atoms with Gasteiger partial charge in [0.2, 0.25) is 0 Å². The fourth-order valence-electron chi connectivity index (χ4n) is 3.45. The number of hydrogen-bond donors (Lipinski definition) is 0. The highest BCUT2D eigenvalue weighted by molar-refractivity contribution is 6.01. The molecule has 0 atom stereocenters. The zero-order valence-electron chi connectivity index (χ0n) is 14.1. The second-order valence-corrected chi connectivity index (χ2v) is 5.97. The molecule has 1 heterocycles. The van der Waals surface area contributed by atoms with Gasteiger partial charge in [-0.2, -0.15) is 0 Å². The monoisotopic (exact) mass is 309 g/mol. The highest BCUT2D eigenvalue weighted by Gasteiger charge is 2.25. The van der Waals surface area contributed by atoms with E-state index in [1.807, 2.05) is 6.07 Å². The Morgan fingerprint density at radius 3 is 2.39 bits per heavy atom. The van der Waals surface area contributed by atoms with Crippen LogP contribution in [0.1, 0.15) is 53.9 Å². The molecule has 0 amide bonds. The SMILES string of the molecule is CCc1cccc(CC)c1-c1cc(OC)c2c(n1)CCCC2=O. The van der Waals surface area contributed by atoms with Crippen LogP contribution in [0.2, 0.25) is 0 Å². The minimum atomic E-state index is 0.154. The molecule has 23 heavy (non-hydrogen) atoms. The molecule has 0 fully saturated rings. The standard InChI is InChI=1S/C20H23NO2/c1-4-13-8-6-9-14(5-2)19(13)16-12-18(23-3)20-15(21-16)10-7-11-17(20)22/h6,8-9,12H,4-5,7,10-11H2,1-3H3. The number of aryl methyl sites for hydroxylation is 3. The van der Waals surface area contributed by atoms with Gasteiger partial charge in [0.05, 0.1) is 24.1 Å². The molecular weight excluding hydrogens is 286 g/mol. The lowest BCUT2D eigenvalue weighted by Gasteiger charge is -2.20. The van der Waals surface area contributed by atoms with Gasteiger partial charge in [0.15, 0.2) is 5.78 Å². The van der Waals surface area contributed by atoms with Gasteiger partial charge in [-0.05, 0) is 36.8 Å². The minimum Gasteiger partial charge on any atom is -0.496 e. The van der Waals surface area contributed by atoms with E-state index in [-0.39, 0.29) is 5.78 Å². The molecular formula is C20H23NO2. The summed E-state index contributed by atoms with van der Waals surface area (Å²) in [5.74, 6) is 0.823. The molecule has 3 rings (SSSR count). The van der Waals surface area contributed by atoms with Gasteiger partial charge in [-0.3, -0.25) is 9.78 Å². The first-order valence-electron chi connectivity index (χ1n) is 8.41. The second kappa shape index (κ2) is 6.53. The van der Waals surface area contributed by atoms with Gasteiger partial charge in [-0.15, -0.1) is 0 Å². The molecule has 120 valence electrons. The molecule has 0 bridgehead atoms. The number of fused-ring (bicyclic) bond motifs is 1. The van der Waals surface area contributed by atoms with E-state index in [0.29, 0.717) is 17.7 Å². The fourth-order valence-corrected chi connectivity index (χ4v) is 3.45. The van der Waals surface area contributed by atoms with Gasteiger partial charge in [0, 0.05) is 18.1 Å². The second-order valence-electron chi connectivity index (χ2n) is 5.97. The van der Waals surface area contributed by atoms with Crippen LogP contribution < -0.4 is 4.74 Å². The first-order chi connectivity index (χ1) is 11.2. The Bertz CT molecular complexity index is 710. The number of aromatic nitrogens is 1. The van der Waals surface area contributed by atoms with Crippen molar-refractivity contribution in [1.82, 2.24) is 4.98 Å². The Labute approximate surface area is 137 Å². The lowest BCUT2D eigenvalue weighted by Crippen LogP contribution is -2.15. The summed E-state index contributed by atoms with van der Waals surface area (Å²) in [5.41, 5.74) is 6.31. The summed E-state index contributed by atoms with van der Waals surface area (Å²) in [5, 5.41) is 0. The first-order valence-corrected chi connectivity index (χ1v) is 8.41. The van der Waals surface area contributed by atoms with Crippen LogP contribution in [-0.4, -0.2) is 17.9 Å². The number of rotatable bonds is 4. The number of carbonyl (C=O) groups excluding carboxylic acids is 1. The third-order valence-electron chi connectivity index (χ3n) is 4.63. The summed E-state index contributed by atoms with van der Waals surface area (Å²) in [6, 6.07) is 8.37. The van der Waals surface area contributed by atoms with Crippen LogP contribution in [0.3, 0.4) is 0 Å². The van der Waals surface area contributed by atoms with E-state index in [0.717, 1.165) is 37.1 Å². The van der Waals surface area contributed by atoms with Crippen molar-refractivity contribution in [1.29, 1.82) is 0 Å². The van der Waals surface area contributed by atoms with E-state index in [1.165, 1.54) is 16.7 Å². The van der Waals surface area contributed by atoms with Crippen molar-refractivity contribution in [3.63, 3.8) is 0 Å². The molecule has 0 aliphatic heterocycles. The molecule has 0 radical (unpaired) electrons. The predicted octanol–water partition coefficient (Wildman–Crippen LogP) is 4.40. The molecule has 3 nitrogen and oxygen atoms in total. The van der Waals surface area contributed by atoms with Crippen molar-refractivity contribution in [2.75, 3.05) is 7.11 Å². The lowest BCUT2D eigenvalue weighted by molar-refractivity contribution is 0.0968. The van der Waals surface area contributed by atoms with Gasteiger partial charge in [-0.25, -0.2) is 0 Å². The molecule has 3 heteroatoms. The number of Topliss-reactive ketones (excluding diaryl/α,β-unsaturated/α-hetero) is 1. The lowest BCUT2D eigenvalue weighted by atomic mass is 9.90. The average Bonchev–Trinajstić information content (AvgIpc) is 2.60. The number of ether oxygens (including phenoxy) is 1. The number of nitrogens with zero attached hydrogens (tertiary/aromatic N) is 1. The fraction of sp³-hybridized carbons (Fsp3) is 0.400. The summed E-state index contributed by atoms with van der Waals surface area (Å²) >= 11 is 0. The molecule has 0 saturated heterocycles. The Hall–Kier alpha value is -2.16. The van der Waals surface area contributed by atoms with Gasteiger partial charge < -0.3 is 4.74 Å². The van der Waals surface area contributed by atoms with E-state index in [4.69, 9.17) is 9.72 Å². The quantitative estimate of drug-likeness (QED) is 0.840. The summed E-state index contributed by atoms with van der Waals surface area (Å²) in [7, 11) is 1.63. The van der Waals surface area contributed by atoms with Gasteiger partial charge >= 0.3 is 0 Å². The van der Waals surface area contributed by atoms with Crippen LogP contribution in [0.4, 0.5) is 0 Å². The largest absolute Gasteiger partial charge is 0.496 e. The Kier molecular flexibility index (Phi) is 4.46. The summed E-state index contributed by atoms with van der Waals surface area (Å²) in [6.07, 6.45) is 4.24. The maximum atomic E-state index is 12.2. The van der Waals surface area contributed by atoms with Crippen molar-refractivity contribution in [2.24, 2.45) is 0 Å². The number of pyridine rings is 1. The molecule has 1 aliphatic carbocycles. The number of methoxy groups -OCH3 is 1. The van der Waals surface area contributed by atoms with Crippen molar-refractivity contribution in [3.05, 3.63) is 46.6 Å². The van der Waals surface area contributed by atoms with Gasteiger partial charge in [0.25, 0.3) is 0 Å². The number of benzene rings is 1. The van der Waals surface area contributed by atoms with Crippen LogP contribution in [0.25, 0.3) is 11.3 Å². The van der Waals surface area contributed by atoms with E-state index in [2.05, 4.69) is 32.0 Å². The topological polar surface area (TPSA) is 39.2 Å². The molecule has 1 aromatic carbocycles. The normalized spacial score (nSPS) is 13.8. The van der Waals surface area contributed by atoms with Crippen molar-refractivity contribution in [3.8, 4) is 17.0 Å². The summed E-state index contributed by atoms with van der Waals surface area (Å²) in [4.78, 5) is 17.1. The van der Waals surface area contributed by atoms with E-state index < -0.39 is 0 Å². The maximum absolute atomic E-state index is 12.2. The Morgan fingerprint density at radius 1 is 1.09 bits per heavy atom. The zero-order valence-corrected chi connectivity index (χ0v) is 14.1. The minimum absolute atomic E-state index is 0.154. The van der Waals surface area contributed by atoms with Crippen molar-refractivity contribution in [2.45, 2.75) is 46.0 Å². The van der Waals surface area contributed by atoms with E-state index >= 15 is 0 Å². The molecule has 0 N–H and O–H groups in total. The molecule has 2 aromatic rings. The number of ketones is 1. The number of hydrogen-bond acceptors (Lipinski definition) is 3. The van der Waals surface area contributed by atoms with E-state index in [9.17, 15) is 4.79 Å². The first kappa shape index (κ1) is 15.7. The smallest absolute Gasteiger partial charge is 0.168 e. The Balaban J connectivity index is 2.24. The third kappa shape index (κ3) is 2.76. The van der Waals surface area contributed by atoms with Crippen molar-refractivity contribution >= 4 is 5.78 Å². The van der Waals surface area contributed by atoms with Gasteiger partial charge in [-0.1, -0.05) is 32.0 Å². The highest BCUT2D eigenvalue weighted by Crippen LogP contribution is 2.35. The van der Waals surface area contributed by atoms with Gasteiger partial charge in [0.1, 0.15) is 5.75 Å². The summed E-state index contributed by atoms with van der Waals surface area (Å²) < 4.78 is 5.53.